The Morgan fingerprint density at radius 1 is 1.38 bits per heavy atom. The van der Waals surface area contributed by atoms with Crippen molar-refractivity contribution >= 4 is 33.2 Å². The number of nitro benzene ring substituents is 1. The van der Waals surface area contributed by atoms with Gasteiger partial charge < -0.3 is 10.1 Å². The molecule has 0 unspecified atom stereocenters. The number of methoxy groups -OCH3 is 1. The Bertz CT molecular complexity index is 706. The fourth-order valence-electron chi connectivity index (χ4n) is 1.65. The monoisotopic (exact) mass is 351 g/mol. The van der Waals surface area contributed by atoms with Crippen LogP contribution >= 0.6 is 15.9 Å². The minimum Gasteiger partial charge on any atom is -0.490 e. The molecule has 0 saturated carbocycles. The maximum Gasteiger partial charge on any atom is 0.312 e. The number of aromatic nitrogens is 1. The number of carbonyl (C=O) groups excluding carboxylic acids is 1. The number of ether oxygens (including phenoxy) is 1. The molecule has 0 bridgehead atoms. The van der Waals surface area contributed by atoms with E-state index in [4.69, 9.17) is 4.74 Å². The Morgan fingerprint density at radius 2 is 2.14 bits per heavy atom. The van der Waals surface area contributed by atoms with Gasteiger partial charge in [0.25, 0.3) is 5.91 Å². The molecule has 108 valence electrons. The molecule has 0 aliphatic heterocycles. The van der Waals surface area contributed by atoms with Crippen LogP contribution in [0.15, 0.2) is 41.1 Å². The molecule has 0 atom stereocenters. The average Bonchev–Trinajstić information content (AvgIpc) is 2.47. The lowest BCUT2D eigenvalue weighted by molar-refractivity contribution is -0.385. The first-order valence-corrected chi connectivity index (χ1v) is 6.55. The van der Waals surface area contributed by atoms with Gasteiger partial charge in [-0.25, -0.2) is 0 Å². The molecule has 2 aromatic rings. The van der Waals surface area contributed by atoms with E-state index in [-0.39, 0.29) is 11.4 Å². The Kier molecular flexibility index (Phi) is 4.49. The SMILES string of the molecule is COc1ccc(NC(=O)c2cncc(Br)c2)cc1[N+](=O)[O-]. The van der Waals surface area contributed by atoms with E-state index in [2.05, 4.69) is 26.2 Å². The van der Waals surface area contributed by atoms with Crippen LogP contribution in [0, 0.1) is 10.1 Å². The van der Waals surface area contributed by atoms with E-state index >= 15 is 0 Å². The number of rotatable bonds is 4. The molecule has 7 nitrogen and oxygen atoms in total. The van der Waals surface area contributed by atoms with Gasteiger partial charge in [-0.15, -0.1) is 0 Å². The zero-order chi connectivity index (χ0) is 15.4. The van der Waals surface area contributed by atoms with Crippen molar-refractivity contribution in [3.8, 4) is 5.75 Å². The van der Waals surface area contributed by atoms with Gasteiger partial charge in [0, 0.05) is 28.6 Å². The van der Waals surface area contributed by atoms with E-state index < -0.39 is 10.8 Å². The van der Waals surface area contributed by atoms with E-state index in [1.807, 2.05) is 0 Å². The third-order valence-corrected chi connectivity index (χ3v) is 3.03. The summed E-state index contributed by atoms with van der Waals surface area (Å²) in [5.41, 5.74) is 0.415. The van der Waals surface area contributed by atoms with Gasteiger partial charge in [0.2, 0.25) is 0 Å². The summed E-state index contributed by atoms with van der Waals surface area (Å²) in [6.45, 7) is 0. The number of hydrogen-bond donors (Lipinski definition) is 1. The summed E-state index contributed by atoms with van der Waals surface area (Å²) in [5, 5.41) is 13.5. The van der Waals surface area contributed by atoms with Gasteiger partial charge in [0.1, 0.15) is 0 Å². The number of nitrogens with zero attached hydrogens (tertiary/aromatic N) is 2. The lowest BCUT2D eigenvalue weighted by Crippen LogP contribution is -2.12. The lowest BCUT2D eigenvalue weighted by atomic mass is 10.2. The Balaban J connectivity index is 2.25. The van der Waals surface area contributed by atoms with Crippen molar-refractivity contribution in [2.24, 2.45) is 0 Å². The van der Waals surface area contributed by atoms with Gasteiger partial charge in [-0.2, -0.15) is 0 Å². The summed E-state index contributed by atoms with van der Waals surface area (Å²) >= 11 is 3.22. The molecule has 1 aromatic heterocycles. The second kappa shape index (κ2) is 6.31. The van der Waals surface area contributed by atoms with Gasteiger partial charge >= 0.3 is 5.69 Å². The third-order valence-electron chi connectivity index (χ3n) is 2.60. The van der Waals surface area contributed by atoms with E-state index in [0.717, 1.165) is 0 Å². The molecule has 0 aliphatic carbocycles. The standard InChI is InChI=1S/C13H10BrN3O4/c1-21-12-3-2-10(5-11(12)17(19)20)16-13(18)8-4-9(14)7-15-6-8/h2-7H,1H3,(H,16,18). The fourth-order valence-corrected chi connectivity index (χ4v) is 2.01. The Hall–Kier alpha value is -2.48. The van der Waals surface area contributed by atoms with E-state index in [0.29, 0.717) is 15.7 Å². The topological polar surface area (TPSA) is 94.4 Å². The lowest BCUT2D eigenvalue weighted by Gasteiger charge is -2.07. The maximum absolute atomic E-state index is 12.0. The molecule has 8 heteroatoms. The number of amides is 1. The zero-order valence-electron chi connectivity index (χ0n) is 10.9. The minimum atomic E-state index is -0.574. The summed E-state index contributed by atoms with van der Waals surface area (Å²) in [7, 11) is 1.34. The quantitative estimate of drug-likeness (QED) is 0.674. The normalized spacial score (nSPS) is 10.0. The van der Waals surface area contributed by atoms with Crippen LogP contribution in [0.1, 0.15) is 10.4 Å². The number of halogens is 1. The summed E-state index contributed by atoms with van der Waals surface area (Å²) in [5.74, 6) is -0.287. The first-order chi connectivity index (χ1) is 10.0. The number of benzene rings is 1. The van der Waals surface area contributed by atoms with Crippen molar-refractivity contribution in [2.45, 2.75) is 0 Å². The van der Waals surface area contributed by atoms with Crippen molar-refractivity contribution < 1.29 is 14.5 Å². The number of nitro groups is 1. The van der Waals surface area contributed by atoms with Crippen LogP contribution in [0.4, 0.5) is 11.4 Å². The van der Waals surface area contributed by atoms with Crippen molar-refractivity contribution in [3.05, 3.63) is 56.8 Å². The fraction of sp³-hybridized carbons (Fsp3) is 0.0769. The predicted octanol–water partition coefficient (Wildman–Crippen LogP) is 3.01. The van der Waals surface area contributed by atoms with E-state index in [1.165, 1.54) is 31.5 Å². The molecule has 0 aliphatic rings. The molecular formula is C13H10BrN3O4. The van der Waals surface area contributed by atoms with Crippen LogP contribution in [0.3, 0.4) is 0 Å². The molecular weight excluding hydrogens is 342 g/mol. The van der Waals surface area contributed by atoms with E-state index in [9.17, 15) is 14.9 Å². The second-order valence-electron chi connectivity index (χ2n) is 3.99. The third kappa shape index (κ3) is 3.54. The first kappa shape index (κ1) is 14.9. The molecule has 1 aromatic carbocycles. The average molecular weight is 352 g/mol. The van der Waals surface area contributed by atoms with Gasteiger partial charge in [-0.05, 0) is 34.1 Å². The summed E-state index contributed by atoms with van der Waals surface area (Å²) < 4.78 is 5.56. The molecule has 0 saturated heterocycles. The van der Waals surface area contributed by atoms with Gasteiger partial charge in [0.05, 0.1) is 17.6 Å². The highest BCUT2D eigenvalue weighted by atomic mass is 79.9. The zero-order valence-corrected chi connectivity index (χ0v) is 12.5. The summed E-state index contributed by atoms with van der Waals surface area (Å²) in [6, 6.07) is 5.78. The van der Waals surface area contributed by atoms with Crippen LogP contribution in [-0.4, -0.2) is 22.9 Å². The van der Waals surface area contributed by atoms with Crippen LogP contribution in [0.5, 0.6) is 5.75 Å². The highest BCUT2D eigenvalue weighted by molar-refractivity contribution is 9.10. The molecule has 0 radical (unpaired) electrons. The molecule has 0 fully saturated rings. The first-order valence-electron chi connectivity index (χ1n) is 5.75. The van der Waals surface area contributed by atoms with Gasteiger partial charge in [0.15, 0.2) is 5.75 Å². The summed E-state index contributed by atoms with van der Waals surface area (Å²) in [6.07, 6.45) is 2.95. The molecule has 1 N–H and O–H groups in total. The van der Waals surface area contributed by atoms with Crippen molar-refractivity contribution in [1.29, 1.82) is 0 Å². The Morgan fingerprint density at radius 3 is 2.76 bits per heavy atom. The van der Waals surface area contributed by atoms with Gasteiger partial charge in [-0.1, -0.05) is 0 Å². The maximum atomic E-state index is 12.0. The van der Waals surface area contributed by atoms with Crippen LogP contribution in [0.25, 0.3) is 0 Å². The largest absolute Gasteiger partial charge is 0.490 e. The molecule has 1 heterocycles. The molecule has 1 amide bonds. The number of pyridine rings is 1. The minimum absolute atomic E-state index is 0.127. The highest BCUT2D eigenvalue weighted by Crippen LogP contribution is 2.29. The second-order valence-corrected chi connectivity index (χ2v) is 4.91. The van der Waals surface area contributed by atoms with Crippen LogP contribution in [-0.2, 0) is 0 Å². The molecule has 21 heavy (non-hydrogen) atoms. The number of carbonyl (C=O) groups is 1. The Labute approximate surface area is 128 Å². The number of anilines is 1. The molecule has 0 spiro atoms. The molecule has 2 rings (SSSR count). The van der Waals surface area contributed by atoms with Crippen molar-refractivity contribution in [3.63, 3.8) is 0 Å². The van der Waals surface area contributed by atoms with E-state index in [1.54, 1.807) is 12.3 Å². The van der Waals surface area contributed by atoms with Crippen LogP contribution in [0.2, 0.25) is 0 Å². The number of hydrogen-bond acceptors (Lipinski definition) is 5. The highest BCUT2D eigenvalue weighted by Gasteiger charge is 2.16. The predicted molar refractivity (Wildman–Crippen MR) is 79.5 cm³/mol. The smallest absolute Gasteiger partial charge is 0.312 e. The number of nitrogens with one attached hydrogen (secondary N) is 1. The van der Waals surface area contributed by atoms with Crippen molar-refractivity contribution in [2.75, 3.05) is 12.4 Å². The van der Waals surface area contributed by atoms with Gasteiger partial charge in [-0.3, -0.25) is 19.9 Å². The summed E-state index contributed by atoms with van der Waals surface area (Å²) in [4.78, 5) is 26.3. The van der Waals surface area contributed by atoms with Crippen molar-refractivity contribution in [1.82, 2.24) is 4.98 Å². The van der Waals surface area contributed by atoms with Crippen LogP contribution < -0.4 is 10.1 Å².